The Hall–Kier alpha value is -1.62. The van der Waals surface area contributed by atoms with Crippen molar-refractivity contribution in [3.63, 3.8) is 0 Å². The van der Waals surface area contributed by atoms with E-state index in [9.17, 15) is 9.90 Å². The third-order valence-corrected chi connectivity index (χ3v) is 5.67. The highest BCUT2D eigenvalue weighted by atomic mass is 16.5. The van der Waals surface area contributed by atoms with E-state index in [-0.39, 0.29) is 11.2 Å². The van der Waals surface area contributed by atoms with E-state index in [2.05, 4.69) is 18.4 Å². The first-order valence-corrected chi connectivity index (χ1v) is 9.43. The van der Waals surface area contributed by atoms with Gasteiger partial charge in [0.1, 0.15) is 5.82 Å². The van der Waals surface area contributed by atoms with Gasteiger partial charge < -0.3 is 14.4 Å². The van der Waals surface area contributed by atoms with Gasteiger partial charge in [-0.1, -0.05) is 20.8 Å². The first-order chi connectivity index (χ1) is 12.0. The molecule has 2 unspecified atom stereocenters. The summed E-state index contributed by atoms with van der Waals surface area (Å²) < 4.78 is 7.48. The van der Waals surface area contributed by atoms with Gasteiger partial charge in [-0.15, -0.1) is 0 Å². The van der Waals surface area contributed by atoms with E-state index in [1.807, 2.05) is 13.8 Å². The molecule has 3 rings (SSSR count). The van der Waals surface area contributed by atoms with Gasteiger partial charge in [-0.05, 0) is 38.5 Å². The number of aliphatic hydroxyl groups is 1. The lowest BCUT2D eigenvalue weighted by atomic mass is 9.59. The Kier molecular flexibility index (Phi) is 6.44. The van der Waals surface area contributed by atoms with Crippen molar-refractivity contribution in [1.29, 1.82) is 0 Å². The Morgan fingerprint density at radius 3 is 2.80 bits per heavy atom. The van der Waals surface area contributed by atoms with Crippen LogP contribution in [0.4, 0.5) is 0 Å². The first-order valence-electron chi connectivity index (χ1n) is 9.43. The molecule has 5 heteroatoms. The molecule has 0 amide bonds. The highest BCUT2D eigenvalue weighted by Gasteiger charge is 2.48. The lowest BCUT2D eigenvalue weighted by molar-refractivity contribution is -0.119. The van der Waals surface area contributed by atoms with Crippen molar-refractivity contribution < 1.29 is 14.6 Å². The van der Waals surface area contributed by atoms with Crippen LogP contribution in [-0.4, -0.2) is 34.2 Å². The maximum atomic E-state index is 12.1. The molecule has 1 aromatic rings. The van der Waals surface area contributed by atoms with Crippen LogP contribution in [0.5, 0.6) is 0 Å². The fraction of sp³-hybridized carbons (Fsp3) is 0.700. The number of allylic oxidation sites excluding steroid dienone is 1. The number of methoxy groups -OCH3 is 1. The summed E-state index contributed by atoms with van der Waals surface area (Å²) in [4.78, 5) is 17.0. The lowest BCUT2D eigenvalue weighted by Gasteiger charge is -2.44. The van der Waals surface area contributed by atoms with Crippen LogP contribution in [0.15, 0.2) is 11.8 Å². The predicted molar refractivity (Wildman–Crippen MR) is 98.9 cm³/mol. The topological polar surface area (TPSA) is 64.4 Å². The Balaban J connectivity index is 0.00000109. The molecule has 0 aliphatic heterocycles. The van der Waals surface area contributed by atoms with E-state index >= 15 is 0 Å². The normalized spacial score (nSPS) is 26.7. The molecule has 25 heavy (non-hydrogen) atoms. The zero-order valence-electron chi connectivity index (χ0n) is 16.3. The largest absolute Gasteiger partial charge is 0.515 e. The third kappa shape index (κ3) is 3.52. The van der Waals surface area contributed by atoms with Crippen molar-refractivity contribution in [2.75, 3.05) is 13.7 Å². The highest BCUT2D eigenvalue weighted by Crippen LogP contribution is 2.50. The van der Waals surface area contributed by atoms with Crippen molar-refractivity contribution in [1.82, 2.24) is 9.55 Å². The van der Waals surface area contributed by atoms with E-state index < -0.39 is 0 Å². The monoisotopic (exact) mass is 348 g/mol. The number of carbonyl (C=O) groups is 1. The summed E-state index contributed by atoms with van der Waals surface area (Å²) >= 11 is 0. The number of carbonyl (C=O) groups excluding carboxylic acids is 1. The molecule has 2 aliphatic carbocycles. The number of aromatic nitrogens is 2. The second-order valence-corrected chi connectivity index (χ2v) is 7.06. The number of Topliss-reactive ketones (excluding diaryl/α,β-unsaturated/α-hetero) is 1. The standard InChI is InChI=1S/C18H26N2O3.C2H6/c1-12-19-17-15(20(12)7-4-8-23-3)6-5-14-9-16(22)13(11-21)10-18(14,17)2;1-2/h11,14,21H,4-10H2,1-3H3;1-2H3/b13-11-;. The SMILES string of the molecule is CC.COCCCn1c(C)nc2c1CCC1CC(=O)/C(=C\O)CC21C. The van der Waals surface area contributed by atoms with Crippen LogP contribution in [0.25, 0.3) is 0 Å². The lowest BCUT2D eigenvalue weighted by Crippen LogP contribution is -2.43. The molecule has 2 aliphatic rings. The Morgan fingerprint density at radius 1 is 1.44 bits per heavy atom. The molecule has 0 spiro atoms. The molecule has 1 N–H and O–H groups in total. The number of ketones is 1. The fourth-order valence-electron chi connectivity index (χ4n) is 4.33. The molecular formula is C20H32N2O3. The number of ether oxygens (including phenoxy) is 1. The minimum atomic E-state index is -0.146. The molecule has 0 bridgehead atoms. The molecule has 0 saturated heterocycles. The quantitative estimate of drug-likeness (QED) is 0.509. The second kappa shape index (κ2) is 8.17. The summed E-state index contributed by atoms with van der Waals surface area (Å²) in [6.07, 6.45) is 5.09. The van der Waals surface area contributed by atoms with Crippen molar-refractivity contribution in [2.24, 2.45) is 5.92 Å². The van der Waals surface area contributed by atoms with Crippen LogP contribution in [0.3, 0.4) is 0 Å². The molecule has 1 aromatic heterocycles. The van der Waals surface area contributed by atoms with E-state index in [0.717, 1.165) is 50.2 Å². The van der Waals surface area contributed by atoms with Gasteiger partial charge in [-0.2, -0.15) is 0 Å². The molecule has 1 fully saturated rings. The number of imidazole rings is 1. The van der Waals surface area contributed by atoms with Crippen LogP contribution >= 0.6 is 0 Å². The summed E-state index contributed by atoms with van der Waals surface area (Å²) in [5.41, 5.74) is 2.84. The molecule has 1 heterocycles. The van der Waals surface area contributed by atoms with Crippen LogP contribution in [0, 0.1) is 12.8 Å². The average Bonchev–Trinajstić information content (AvgIpc) is 2.94. The number of fused-ring (bicyclic) bond motifs is 3. The van der Waals surface area contributed by atoms with Crippen LogP contribution in [-0.2, 0) is 27.9 Å². The van der Waals surface area contributed by atoms with Gasteiger partial charge in [0.15, 0.2) is 5.78 Å². The zero-order chi connectivity index (χ0) is 18.6. The molecule has 2 atom stereocenters. The summed E-state index contributed by atoms with van der Waals surface area (Å²) in [6, 6.07) is 0. The molecule has 1 saturated carbocycles. The third-order valence-electron chi connectivity index (χ3n) is 5.67. The summed E-state index contributed by atoms with van der Waals surface area (Å²) in [5, 5.41) is 9.39. The van der Waals surface area contributed by atoms with E-state index in [4.69, 9.17) is 9.72 Å². The minimum absolute atomic E-state index is 0.0923. The van der Waals surface area contributed by atoms with Crippen molar-refractivity contribution >= 4 is 5.78 Å². The van der Waals surface area contributed by atoms with E-state index in [0.29, 0.717) is 24.3 Å². The Morgan fingerprint density at radius 2 is 2.16 bits per heavy atom. The number of aryl methyl sites for hydroxylation is 1. The molecule has 140 valence electrons. The van der Waals surface area contributed by atoms with Gasteiger partial charge in [0.2, 0.25) is 0 Å². The van der Waals surface area contributed by atoms with Gasteiger partial charge in [-0.3, -0.25) is 4.79 Å². The maximum Gasteiger partial charge on any atom is 0.162 e. The smallest absolute Gasteiger partial charge is 0.162 e. The van der Waals surface area contributed by atoms with Crippen molar-refractivity contribution in [3.05, 3.63) is 29.0 Å². The van der Waals surface area contributed by atoms with Gasteiger partial charge >= 0.3 is 0 Å². The van der Waals surface area contributed by atoms with Crippen LogP contribution in [0.1, 0.15) is 63.7 Å². The molecule has 0 aromatic carbocycles. The van der Waals surface area contributed by atoms with Crippen molar-refractivity contribution in [2.45, 2.75) is 71.8 Å². The average molecular weight is 348 g/mol. The molecular weight excluding hydrogens is 316 g/mol. The maximum absolute atomic E-state index is 12.1. The van der Waals surface area contributed by atoms with Gasteiger partial charge in [0.05, 0.1) is 12.0 Å². The summed E-state index contributed by atoms with van der Waals surface area (Å²) in [5.74, 6) is 1.46. The Bertz CT molecular complexity index is 648. The van der Waals surface area contributed by atoms with Crippen LogP contribution in [0.2, 0.25) is 0 Å². The van der Waals surface area contributed by atoms with Crippen LogP contribution < -0.4 is 0 Å². The Labute approximate surface area is 151 Å². The van der Waals surface area contributed by atoms with Gasteiger partial charge in [0.25, 0.3) is 0 Å². The van der Waals surface area contributed by atoms with E-state index in [1.54, 1.807) is 7.11 Å². The fourth-order valence-corrected chi connectivity index (χ4v) is 4.33. The number of nitrogens with zero attached hydrogens (tertiary/aromatic N) is 2. The highest BCUT2D eigenvalue weighted by molar-refractivity contribution is 5.96. The number of hydrogen-bond donors (Lipinski definition) is 1. The number of hydrogen-bond acceptors (Lipinski definition) is 4. The first kappa shape index (κ1) is 19.7. The summed E-state index contributed by atoms with van der Waals surface area (Å²) in [7, 11) is 1.73. The number of aliphatic hydroxyl groups excluding tert-OH is 1. The molecule has 5 nitrogen and oxygen atoms in total. The minimum Gasteiger partial charge on any atom is -0.515 e. The second-order valence-electron chi connectivity index (χ2n) is 7.06. The summed E-state index contributed by atoms with van der Waals surface area (Å²) in [6.45, 7) is 9.93. The number of rotatable bonds is 4. The zero-order valence-corrected chi connectivity index (χ0v) is 16.3. The van der Waals surface area contributed by atoms with Gasteiger partial charge in [-0.25, -0.2) is 4.98 Å². The van der Waals surface area contributed by atoms with Gasteiger partial charge in [0, 0.05) is 43.4 Å². The van der Waals surface area contributed by atoms with Crippen molar-refractivity contribution in [3.8, 4) is 0 Å². The van der Waals surface area contributed by atoms with E-state index in [1.165, 1.54) is 5.69 Å². The predicted octanol–water partition coefficient (Wildman–Crippen LogP) is 3.88. The molecule has 0 radical (unpaired) electrons.